The van der Waals surface area contributed by atoms with E-state index in [1.54, 1.807) is 0 Å². The Hall–Kier alpha value is -0.950. The van der Waals surface area contributed by atoms with Crippen molar-refractivity contribution in [3.8, 4) is 10.6 Å². The molecule has 0 saturated heterocycles. The summed E-state index contributed by atoms with van der Waals surface area (Å²) in [6.07, 6.45) is 0. The Morgan fingerprint density at radius 3 is 2.27 bits per heavy atom. The summed E-state index contributed by atoms with van der Waals surface area (Å²) in [7, 11) is 0. The van der Waals surface area contributed by atoms with Crippen molar-refractivity contribution < 1.29 is 13.2 Å². The molecule has 0 aliphatic carbocycles. The second-order valence-corrected chi connectivity index (χ2v) is 4.86. The van der Waals surface area contributed by atoms with Crippen LogP contribution in [0.3, 0.4) is 0 Å². The van der Waals surface area contributed by atoms with Gasteiger partial charge in [-0.1, -0.05) is 11.3 Å². The van der Waals surface area contributed by atoms with Crippen molar-refractivity contribution in [1.82, 2.24) is 10.2 Å². The van der Waals surface area contributed by atoms with Gasteiger partial charge in [-0.2, -0.15) is 0 Å². The largest absolute Gasteiger partial charge is 0.206 e. The number of nitrogens with zero attached hydrogens (tertiary/aromatic N) is 2. The Morgan fingerprint density at radius 2 is 1.67 bits per heavy atom. The molecule has 0 atom stereocenters. The van der Waals surface area contributed by atoms with E-state index in [1.807, 2.05) is 0 Å². The van der Waals surface area contributed by atoms with Gasteiger partial charge in [0.15, 0.2) is 20.6 Å². The van der Waals surface area contributed by atoms with E-state index in [9.17, 15) is 13.2 Å². The van der Waals surface area contributed by atoms with Crippen LogP contribution >= 0.6 is 27.3 Å². The zero-order valence-electron chi connectivity index (χ0n) is 6.97. The van der Waals surface area contributed by atoms with E-state index >= 15 is 0 Å². The molecule has 0 aliphatic rings. The topological polar surface area (TPSA) is 25.8 Å². The van der Waals surface area contributed by atoms with Crippen molar-refractivity contribution in [2.45, 2.75) is 0 Å². The number of rotatable bonds is 1. The molecule has 0 fully saturated rings. The lowest BCUT2D eigenvalue weighted by Gasteiger charge is -1.99. The zero-order chi connectivity index (χ0) is 11.0. The monoisotopic (exact) mass is 294 g/mol. The highest BCUT2D eigenvalue weighted by Crippen LogP contribution is 2.29. The number of benzene rings is 1. The molecule has 2 aromatic rings. The zero-order valence-corrected chi connectivity index (χ0v) is 9.37. The fraction of sp³-hybridized carbons (Fsp3) is 0. The molecule has 2 rings (SSSR count). The summed E-state index contributed by atoms with van der Waals surface area (Å²) in [6.45, 7) is 0. The van der Waals surface area contributed by atoms with Crippen molar-refractivity contribution in [3.05, 3.63) is 33.5 Å². The third kappa shape index (κ3) is 2.03. The van der Waals surface area contributed by atoms with Crippen LogP contribution in [-0.4, -0.2) is 10.2 Å². The maximum atomic E-state index is 13.2. The Balaban J connectivity index is 2.58. The summed E-state index contributed by atoms with van der Waals surface area (Å²) in [5, 5.41) is 7.39. The number of hydrogen-bond acceptors (Lipinski definition) is 3. The normalized spacial score (nSPS) is 10.7. The highest BCUT2D eigenvalue weighted by molar-refractivity contribution is 9.11. The first kappa shape index (κ1) is 10.6. The summed E-state index contributed by atoms with van der Waals surface area (Å²) < 4.78 is 39.2. The van der Waals surface area contributed by atoms with E-state index in [1.165, 1.54) is 0 Å². The molecule has 15 heavy (non-hydrogen) atoms. The first-order valence-electron chi connectivity index (χ1n) is 3.72. The second-order valence-electron chi connectivity index (χ2n) is 2.61. The minimum atomic E-state index is -1.22. The molecule has 0 aliphatic heterocycles. The SMILES string of the molecule is Fc1cc(F)c(-c2nnc(Br)s2)cc1F. The van der Waals surface area contributed by atoms with E-state index in [0.717, 1.165) is 17.4 Å². The van der Waals surface area contributed by atoms with Crippen LogP contribution in [0, 0.1) is 17.5 Å². The second kappa shape index (κ2) is 3.90. The van der Waals surface area contributed by atoms with Gasteiger partial charge < -0.3 is 0 Å². The standard InChI is InChI=1S/C8H2BrF3N2S/c9-8-14-13-7(15-8)3-1-5(11)6(12)2-4(3)10/h1-2H. The quantitative estimate of drug-likeness (QED) is 0.754. The van der Waals surface area contributed by atoms with E-state index in [0.29, 0.717) is 9.98 Å². The Morgan fingerprint density at radius 1 is 1.00 bits per heavy atom. The molecular weight excluding hydrogens is 293 g/mol. The molecule has 1 aromatic heterocycles. The minimum absolute atomic E-state index is 0.0999. The van der Waals surface area contributed by atoms with Crippen LogP contribution in [0.1, 0.15) is 0 Å². The summed E-state index contributed by atoms with van der Waals surface area (Å²) in [5.74, 6) is -3.20. The predicted molar refractivity (Wildman–Crippen MR) is 52.9 cm³/mol. The van der Waals surface area contributed by atoms with Gasteiger partial charge in [0.1, 0.15) is 5.82 Å². The lowest BCUT2D eigenvalue weighted by Crippen LogP contribution is -1.90. The van der Waals surface area contributed by atoms with Crippen LogP contribution in [0.25, 0.3) is 10.6 Å². The smallest absolute Gasteiger partial charge is 0.183 e. The molecule has 2 nitrogen and oxygen atoms in total. The van der Waals surface area contributed by atoms with E-state index in [4.69, 9.17) is 0 Å². The average Bonchev–Trinajstić information content (AvgIpc) is 2.58. The molecule has 78 valence electrons. The van der Waals surface area contributed by atoms with Gasteiger partial charge >= 0.3 is 0 Å². The van der Waals surface area contributed by atoms with E-state index in [2.05, 4.69) is 26.1 Å². The minimum Gasteiger partial charge on any atom is -0.206 e. The van der Waals surface area contributed by atoms with Gasteiger partial charge in [-0.3, -0.25) is 0 Å². The van der Waals surface area contributed by atoms with Crippen LogP contribution < -0.4 is 0 Å². The summed E-state index contributed by atoms with van der Waals surface area (Å²) in [5.41, 5.74) is -0.0999. The third-order valence-electron chi connectivity index (χ3n) is 1.64. The Bertz CT molecular complexity index is 515. The molecule has 7 heteroatoms. The van der Waals surface area contributed by atoms with Crippen molar-refractivity contribution in [2.24, 2.45) is 0 Å². The van der Waals surface area contributed by atoms with Crippen LogP contribution in [-0.2, 0) is 0 Å². The van der Waals surface area contributed by atoms with Crippen molar-refractivity contribution in [1.29, 1.82) is 0 Å². The molecule has 1 aromatic carbocycles. The van der Waals surface area contributed by atoms with Crippen LogP contribution in [0.2, 0.25) is 0 Å². The molecule has 0 amide bonds. The van der Waals surface area contributed by atoms with Crippen molar-refractivity contribution in [3.63, 3.8) is 0 Å². The Labute approximate surface area is 94.9 Å². The predicted octanol–water partition coefficient (Wildman–Crippen LogP) is 3.38. The molecule has 0 saturated carbocycles. The highest BCUT2D eigenvalue weighted by Gasteiger charge is 2.14. The van der Waals surface area contributed by atoms with Crippen LogP contribution in [0.4, 0.5) is 13.2 Å². The van der Waals surface area contributed by atoms with Gasteiger partial charge in [0.25, 0.3) is 0 Å². The van der Waals surface area contributed by atoms with E-state index in [-0.39, 0.29) is 10.6 Å². The first-order chi connectivity index (χ1) is 7.08. The molecule has 0 bridgehead atoms. The fourth-order valence-corrected chi connectivity index (χ4v) is 2.13. The average molecular weight is 295 g/mol. The van der Waals surface area contributed by atoms with Crippen molar-refractivity contribution in [2.75, 3.05) is 0 Å². The van der Waals surface area contributed by atoms with Crippen LogP contribution in [0.5, 0.6) is 0 Å². The third-order valence-corrected chi connectivity index (χ3v) is 3.03. The molecule has 0 N–H and O–H groups in total. The maximum Gasteiger partial charge on any atom is 0.183 e. The fourth-order valence-electron chi connectivity index (χ4n) is 1.00. The van der Waals surface area contributed by atoms with Gasteiger partial charge in [0.2, 0.25) is 0 Å². The maximum absolute atomic E-state index is 13.2. The number of aromatic nitrogens is 2. The molecular formula is C8H2BrF3N2S. The molecule has 0 unspecified atom stereocenters. The number of hydrogen-bond donors (Lipinski definition) is 0. The summed E-state index contributed by atoms with van der Waals surface area (Å²) >= 11 is 4.08. The lowest BCUT2D eigenvalue weighted by molar-refractivity contribution is 0.496. The molecule has 0 radical (unpaired) electrons. The summed E-state index contributed by atoms with van der Waals surface area (Å²) in [6, 6.07) is 1.25. The first-order valence-corrected chi connectivity index (χ1v) is 5.33. The van der Waals surface area contributed by atoms with Gasteiger partial charge in [-0.15, -0.1) is 10.2 Å². The molecule has 1 heterocycles. The van der Waals surface area contributed by atoms with Gasteiger partial charge in [-0.25, -0.2) is 13.2 Å². The van der Waals surface area contributed by atoms with Crippen LogP contribution in [0.15, 0.2) is 16.0 Å². The van der Waals surface area contributed by atoms with Gasteiger partial charge in [0, 0.05) is 6.07 Å². The summed E-state index contributed by atoms with van der Waals surface area (Å²) in [4.78, 5) is 0. The molecule has 0 spiro atoms. The van der Waals surface area contributed by atoms with Gasteiger partial charge in [-0.05, 0) is 22.0 Å². The lowest BCUT2D eigenvalue weighted by atomic mass is 10.2. The highest BCUT2D eigenvalue weighted by atomic mass is 79.9. The van der Waals surface area contributed by atoms with Gasteiger partial charge in [0.05, 0.1) is 5.56 Å². The van der Waals surface area contributed by atoms with Crippen molar-refractivity contribution >= 4 is 27.3 Å². The Kier molecular flexibility index (Phi) is 2.74. The van der Waals surface area contributed by atoms with E-state index < -0.39 is 17.5 Å². The number of halogens is 4.